The Hall–Kier alpha value is -2.66. The molecule has 2 aromatic carbocycles. The molecule has 0 radical (unpaired) electrons. The van der Waals surface area contributed by atoms with Gasteiger partial charge >= 0.3 is 0 Å². The molecule has 1 unspecified atom stereocenters. The third-order valence-electron chi connectivity index (χ3n) is 4.10. The van der Waals surface area contributed by atoms with Crippen molar-refractivity contribution in [1.82, 2.24) is 5.48 Å². The summed E-state index contributed by atoms with van der Waals surface area (Å²) in [4.78, 5) is 31.3. The van der Waals surface area contributed by atoms with Crippen molar-refractivity contribution in [3.05, 3.63) is 65.7 Å². The van der Waals surface area contributed by atoms with E-state index in [-0.39, 0.29) is 18.2 Å². The fourth-order valence-corrected chi connectivity index (χ4v) is 2.71. The highest BCUT2D eigenvalue weighted by atomic mass is 16.6. The Balaban J connectivity index is 1.53. The Morgan fingerprint density at radius 1 is 1.17 bits per heavy atom. The zero-order valence-electron chi connectivity index (χ0n) is 13.6. The maximum absolute atomic E-state index is 12.2. The number of anilines is 1. The highest BCUT2D eigenvalue weighted by Crippen LogP contribution is 2.25. The van der Waals surface area contributed by atoms with Crippen LogP contribution in [0, 0.1) is 12.8 Å². The molecule has 2 aromatic rings. The number of benzene rings is 2. The highest BCUT2D eigenvalue weighted by Gasteiger charge is 2.35. The van der Waals surface area contributed by atoms with Crippen LogP contribution in [0.2, 0.25) is 0 Å². The van der Waals surface area contributed by atoms with E-state index in [1.54, 1.807) is 4.90 Å². The summed E-state index contributed by atoms with van der Waals surface area (Å²) in [6.07, 6.45) is 0.203. The first kappa shape index (κ1) is 16.2. The molecule has 0 aliphatic carbocycles. The number of hydrogen-bond donors (Lipinski definition) is 1. The molecule has 5 heteroatoms. The standard InChI is InChI=1S/C19H20N2O3/c1-14-7-9-17(10-8-14)21-12-16(11-18(21)22)19(23)20-24-13-15-5-3-2-4-6-15/h2-10,16H,11-13H2,1H3,(H,20,23). The molecule has 124 valence electrons. The van der Waals surface area contributed by atoms with Gasteiger partial charge in [-0.25, -0.2) is 5.48 Å². The fourth-order valence-electron chi connectivity index (χ4n) is 2.71. The maximum Gasteiger partial charge on any atom is 0.248 e. The number of nitrogens with zero attached hydrogens (tertiary/aromatic N) is 1. The van der Waals surface area contributed by atoms with Gasteiger partial charge in [0, 0.05) is 18.7 Å². The third-order valence-corrected chi connectivity index (χ3v) is 4.10. The summed E-state index contributed by atoms with van der Waals surface area (Å²) in [6.45, 7) is 2.67. The van der Waals surface area contributed by atoms with E-state index < -0.39 is 5.92 Å². The minimum absolute atomic E-state index is 0.0398. The molecule has 5 nitrogen and oxygen atoms in total. The second-order valence-electron chi connectivity index (χ2n) is 5.98. The molecule has 0 bridgehead atoms. The molecule has 1 aliphatic rings. The van der Waals surface area contributed by atoms with Crippen LogP contribution in [0.3, 0.4) is 0 Å². The minimum atomic E-state index is -0.394. The number of nitrogens with one attached hydrogen (secondary N) is 1. The zero-order valence-corrected chi connectivity index (χ0v) is 13.6. The Morgan fingerprint density at radius 3 is 2.58 bits per heavy atom. The fraction of sp³-hybridized carbons (Fsp3) is 0.263. The molecule has 1 fully saturated rings. The van der Waals surface area contributed by atoms with Gasteiger partial charge in [-0.1, -0.05) is 48.0 Å². The normalized spacial score (nSPS) is 17.1. The Labute approximate surface area is 141 Å². The number of amides is 2. The first-order valence-electron chi connectivity index (χ1n) is 7.96. The lowest BCUT2D eigenvalue weighted by Crippen LogP contribution is -2.33. The predicted octanol–water partition coefficient (Wildman–Crippen LogP) is 2.60. The van der Waals surface area contributed by atoms with Gasteiger partial charge in [0.05, 0.1) is 12.5 Å². The second-order valence-corrected chi connectivity index (χ2v) is 5.98. The average molecular weight is 324 g/mol. The van der Waals surface area contributed by atoms with E-state index in [1.807, 2.05) is 61.5 Å². The van der Waals surface area contributed by atoms with Crippen LogP contribution < -0.4 is 10.4 Å². The van der Waals surface area contributed by atoms with Crippen LogP contribution in [0.1, 0.15) is 17.5 Å². The van der Waals surface area contributed by atoms with Crippen LogP contribution in [0.15, 0.2) is 54.6 Å². The number of hydroxylamine groups is 1. The summed E-state index contributed by atoms with van der Waals surface area (Å²) in [7, 11) is 0. The van der Waals surface area contributed by atoms with Gasteiger partial charge in [0.1, 0.15) is 0 Å². The number of carbonyl (C=O) groups is 2. The lowest BCUT2D eigenvalue weighted by atomic mass is 10.1. The summed E-state index contributed by atoms with van der Waals surface area (Å²) >= 11 is 0. The van der Waals surface area contributed by atoms with Crippen molar-refractivity contribution in [2.45, 2.75) is 20.0 Å². The number of aryl methyl sites for hydroxylation is 1. The van der Waals surface area contributed by atoms with E-state index in [1.165, 1.54) is 0 Å². The zero-order chi connectivity index (χ0) is 16.9. The van der Waals surface area contributed by atoms with Crippen molar-refractivity contribution >= 4 is 17.5 Å². The van der Waals surface area contributed by atoms with Crippen molar-refractivity contribution in [1.29, 1.82) is 0 Å². The third kappa shape index (κ3) is 3.81. The van der Waals surface area contributed by atoms with Gasteiger partial charge in [0.25, 0.3) is 0 Å². The molecule has 0 saturated carbocycles. The van der Waals surface area contributed by atoms with Gasteiger partial charge < -0.3 is 4.90 Å². The van der Waals surface area contributed by atoms with Gasteiger partial charge in [-0.2, -0.15) is 0 Å². The van der Waals surface area contributed by atoms with Gasteiger partial charge in [-0.05, 0) is 24.6 Å². The van der Waals surface area contributed by atoms with Crippen LogP contribution in [0.25, 0.3) is 0 Å². The van der Waals surface area contributed by atoms with E-state index in [2.05, 4.69) is 5.48 Å². The topological polar surface area (TPSA) is 58.6 Å². The first-order valence-corrected chi connectivity index (χ1v) is 7.96. The SMILES string of the molecule is Cc1ccc(N2CC(C(=O)NOCc3ccccc3)CC2=O)cc1. The largest absolute Gasteiger partial charge is 0.312 e. The van der Waals surface area contributed by atoms with E-state index >= 15 is 0 Å². The molecule has 1 saturated heterocycles. The van der Waals surface area contributed by atoms with Gasteiger partial charge in [-0.3, -0.25) is 14.4 Å². The quantitative estimate of drug-likeness (QED) is 0.860. The number of hydrogen-bond acceptors (Lipinski definition) is 3. The van der Waals surface area contributed by atoms with Crippen LogP contribution in [0.5, 0.6) is 0 Å². The van der Waals surface area contributed by atoms with Crippen LogP contribution in [-0.4, -0.2) is 18.4 Å². The van der Waals surface area contributed by atoms with Gasteiger partial charge in [-0.15, -0.1) is 0 Å². The Morgan fingerprint density at radius 2 is 1.88 bits per heavy atom. The molecule has 0 spiro atoms. The van der Waals surface area contributed by atoms with Crippen molar-refractivity contribution in [3.63, 3.8) is 0 Å². The van der Waals surface area contributed by atoms with E-state index in [0.29, 0.717) is 13.2 Å². The molecule has 1 heterocycles. The predicted molar refractivity (Wildman–Crippen MR) is 91.0 cm³/mol. The van der Waals surface area contributed by atoms with Crippen LogP contribution in [-0.2, 0) is 21.0 Å². The van der Waals surface area contributed by atoms with Crippen molar-refractivity contribution < 1.29 is 14.4 Å². The summed E-state index contributed by atoms with van der Waals surface area (Å²) in [5.74, 6) is -0.689. The monoisotopic (exact) mass is 324 g/mol. The minimum Gasteiger partial charge on any atom is -0.312 e. The van der Waals surface area contributed by atoms with E-state index in [4.69, 9.17) is 4.84 Å². The maximum atomic E-state index is 12.2. The molecule has 3 rings (SSSR count). The number of carbonyl (C=O) groups excluding carboxylic acids is 2. The lowest BCUT2D eigenvalue weighted by molar-refractivity contribution is -0.138. The van der Waals surface area contributed by atoms with Crippen molar-refractivity contribution in [2.24, 2.45) is 5.92 Å². The lowest BCUT2D eigenvalue weighted by Gasteiger charge is -2.16. The highest BCUT2D eigenvalue weighted by molar-refractivity contribution is 6.00. The molecular formula is C19H20N2O3. The molecule has 1 atom stereocenters. The number of rotatable bonds is 5. The van der Waals surface area contributed by atoms with E-state index in [0.717, 1.165) is 16.8 Å². The summed E-state index contributed by atoms with van der Waals surface area (Å²) in [6, 6.07) is 17.3. The average Bonchev–Trinajstić information content (AvgIpc) is 2.98. The summed E-state index contributed by atoms with van der Waals surface area (Å²) in [5, 5.41) is 0. The van der Waals surface area contributed by atoms with Crippen LogP contribution in [0.4, 0.5) is 5.69 Å². The second kappa shape index (κ2) is 7.27. The van der Waals surface area contributed by atoms with Gasteiger partial charge in [0.2, 0.25) is 11.8 Å². The van der Waals surface area contributed by atoms with Crippen molar-refractivity contribution in [3.8, 4) is 0 Å². The summed E-state index contributed by atoms with van der Waals surface area (Å²) in [5.41, 5.74) is 5.39. The van der Waals surface area contributed by atoms with Gasteiger partial charge in [0.15, 0.2) is 0 Å². The molecule has 24 heavy (non-hydrogen) atoms. The summed E-state index contributed by atoms with van der Waals surface area (Å²) < 4.78 is 0. The first-order chi connectivity index (χ1) is 11.6. The van der Waals surface area contributed by atoms with E-state index in [9.17, 15) is 9.59 Å². The smallest absolute Gasteiger partial charge is 0.248 e. The molecular weight excluding hydrogens is 304 g/mol. The van der Waals surface area contributed by atoms with Crippen LogP contribution >= 0.6 is 0 Å². The Bertz CT molecular complexity index is 713. The molecule has 1 aliphatic heterocycles. The molecule has 0 aromatic heterocycles. The Kier molecular flexibility index (Phi) is 4.91. The van der Waals surface area contributed by atoms with Crippen molar-refractivity contribution in [2.75, 3.05) is 11.4 Å². The molecule has 2 amide bonds. The molecule has 1 N–H and O–H groups in total.